The maximum Gasteiger partial charge on any atom is 0.225 e. The first-order valence-corrected chi connectivity index (χ1v) is 6.09. The van der Waals surface area contributed by atoms with E-state index in [-0.39, 0.29) is 24.4 Å². The van der Waals surface area contributed by atoms with Gasteiger partial charge in [0.1, 0.15) is 0 Å². The highest BCUT2D eigenvalue weighted by atomic mass is 35.5. The number of nitrogens with zero attached hydrogens (tertiary/aromatic N) is 1. The molecule has 0 heterocycles. The molecule has 0 bridgehead atoms. The van der Waals surface area contributed by atoms with E-state index in [4.69, 9.17) is 5.73 Å². The summed E-state index contributed by atoms with van der Waals surface area (Å²) in [5.41, 5.74) is 5.84. The van der Waals surface area contributed by atoms with Crippen LogP contribution in [0.1, 0.15) is 40.0 Å². The molecule has 0 saturated heterocycles. The maximum atomic E-state index is 12.1. The fourth-order valence-corrected chi connectivity index (χ4v) is 2.31. The third-order valence-electron chi connectivity index (χ3n) is 3.10. The van der Waals surface area contributed by atoms with Crippen LogP contribution >= 0.6 is 12.4 Å². The molecule has 2 N–H and O–H groups in total. The second-order valence-corrected chi connectivity index (χ2v) is 5.04. The molecule has 1 rings (SSSR count). The first-order valence-electron chi connectivity index (χ1n) is 6.09. The highest BCUT2D eigenvalue weighted by Gasteiger charge is 2.30. The zero-order valence-corrected chi connectivity index (χ0v) is 11.4. The summed E-state index contributed by atoms with van der Waals surface area (Å²) >= 11 is 0. The standard InChI is InChI=1S/C12H24N2O.ClH/c1-4-14(8-9(2)3)12(15)10-5-6-11(13)7-10;/h9-11H,4-8,13H2,1-3H3;1H. The van der Waals surface area contributed by atoms with Crippen molar-refractivity contribution >= 4 is 18.3 Å². The van der Waals surface area contributed by atoms with Crippen LogP contribution in [-0.4, -0.2) is 29.9 Å². The molecule has 1 amide bonds. The Morgan fingerprint density at radius 2 is 2.06 bits per heavy atom. The van der Waals surface area contributed by atoms with Crippen LogP contribution in [0.25, 0.3) is 0 Å². The van der Waals surface area contributed by atoms with E-state index >= 15 is 0 Å². The summed E-state index contributed by atoms with van der Waals surface area (Å²) in [6.45, 7) is 8.05. The minimum Gasteiger partial charge on any atom is -0.342 e. The quantitative estimate of drug-likeness (QED) is 0.828. The van der Waals surface area contributed by atoms with Gasteiger partial charge in [0.05, 0.1) is 0 Å². The Balaban J connectivity index is 0.00000225. The lowest BCUT2D eigenvalue weighted by molar-refractivity contribution is -0.135. The van der Waals surface area contributed by atoms with Crippen LogP contribution in [-0.2, 0) is 4.79 Å². The van der Waals surface area contributed by atoms with Gasteiger partial charge in [-0.25, -0.2) is 0 Å². The Morgan fingerprint density at radius 3 is 2.44 bits per heavy atom. The Kier molecular flexibility index (Phi) is 7.00. The van der Waals surface area contributed by atoms with E-state index in [9.17, 15) is 4.79 Å². The van der Waals surface area contributed by atoms with Crippen molar-refractivity contribution < 1.29 is 4.79 Å². The fourth-order valence-electron chi connectivity index (χ4n) is 2.31. The van der Waals surface area contributed by atoms with Gasteiger partial charge in [-0.2, -0.15) is 0 Å². The van der Waals surface area contributed by atoms with Crippen LogP contribution in [0.15, 0.2) is 0 Å². The molecule has 0 aromatic rings. The average molecular weight is 249 g/mol. The zero-order valence-electron chi connectivity index (χ0n) is 10.6. The van der Waals surface area contributed by atoms with Crippen molar-refractivity contribution in [3.63, 3.8) is 0 Å². The summed E-state index contributed by atoms with van der Waals surface area (Å²) in [6, 6.07) is 0.247. The molecule has 1 aliphatic carbocycles. The molecule has 16 heavy (non-hydrogen) atoms. The summed E-state index contributed by atoms with van der Waals surface area (Å²) < 4.78 is 0. The minimum absolute atomic E-state index is 0. The summed E-state index contributed by atoms with van der Waals surface area (Å²) in [6.07, 6.45) is 2.87. The smallest absolute Gasteiger partial charge is 0.225 e. The predicted molar refractivity (Wildman–Crippen MR) is 69.7 cm³/mol. The van der Waals surface area contributed by atoms with Crippen molar-refractivity contribution in [1.29, 1.82) is 0 Å². The minimum atomic E-state index is 0. The van der Waals surface area contributed by atoms with Gasteiger partial charge in [-0.05, 0) is 32.1 Å². The van der Waals surface area contributed by atoms with Gasteiger partial charge in [0, 0.05) is 25.0 Å². The number of carbonyl (C=O) groups is 1. The lowest BCUT2D eigenvalue weighted by Crippen LogP contribution is -2.38. The molecule has 1 saturated carbocycles. The molecule has 1 fully saturated rings. The van der Waals surface area contributed by atoms with Crippen molar-refractivity contribution in [1.82, 2.24) is 4.90 Å². The van der Waals surface area contributed by atoms with Crippen LogP contribution in [0.5, 0.6) is 0 Å². The van der Waals surface area contributed by atoms with E-state index in [1.54, 1.807) is 0 Å². The van der Waals surface area contributed by atoms with Crippen LogP contribution in [0.4, 0.5) is 0 Å². The van der Waals surface area contributed by atoms with Gasteiger partial charge in [0.2, 0.25) is 5.91 Å². The number of carbonyl (C=O) groups excluding carboxylic acids is 1. The molecule has 0 radical (unpaired) electrons. The van der Waals surface area contributed by atoms with Crippen LogP contribution in [0.3, 0.4) is 0 Å². The summed E-state index contributed by atoms with van der Waals surface area (Å²) in [5, 5.41) is 0. The molecule has 3 nitrogen and oxygen atoms in total. The van der Waals surface area contributed by atoms with Crippen molar-refractivity contribution in [3.05, 3.63) is 0 Å². The van der Waals surface area contributed by atoms with Crippen molar-refractivity contribution in [2.24, 2.45) is 17.6 Å². The first-order chi connectivity index (χ1) is 7.04. The van der Waals surface area contributed by atoms with Crippen molar-refractivity contribution in [2.75, 3.05) is 13.1 Å². The molecule has 4 heteroatoms. The normalized spacial score (nSPS) is 24.3. The third-order valence-corrected chi connectivity index (χ3v) is 3.10. The Hall–Kier alpha value is -0.280. The van der Waals surface area contributed by atoms with Gasteiger partial charge in [-0.3, -0.25) is 4.79 Å². The van der Waals surface area contributed by atoms with Gasteiger partial charge in [-0.15, -0.1) is 12.4 Å². The molecule has 0 aromatic carbocycles. The summed E-state index contributed by atoms with van der Waals surface area (Å²) in [4.78, 5) is 14.1. The summed E-state index contributed by atoms with van der Waals surface area (Å²) in [5.74, 6) is 1.06. The van der Waals surface area contributed by atoms with E-state index in [2.05, 4.69) is 20.8 Å². The lowest BCUT2D eigenvalue weighted by Gasteiger charge is -2.25. The number of hydrogen-bond donors (Lipinski definition) is 1. The van der Waals surface area contributed by atoms with E-state index in [1.807, 2.05) is 4.90 Å². The molecular formula is C12H25ClN2O. The molecule has 0 aromatic heterocycles. The van der Waals surface area contributed by atoms with Gasteiger partial charge in [-0.1, -0.05) is 13.8 Å². The molecule has 0 spiro atoms. The van der Waals surface area contributed by atoms with E-state index in [1.165, 1.54) is 0 Å². The maximum absolute atomic E-state index is 12.1. The van der Waals surface area contributed by atoms with Gasteiger partial charge < -0.3 is 10.6 Å². The first kappa shape index (κ1) is 15.7. The van der Waals surface area contributed by atoms with E-state index < -0.39 is 0 Å². The molecule has 0 aliphatic heterocycles. The molecule has 2 atom stereocenters. The molecular weight excluding hydrogens is 224 g/mol. The van der Waals surface area contributed by atoms with E-state index in [0.29, 0.717) is 11.8 Å². The SMILES string of the molecule is CCN(CC(C)C)C(=O)C1CCC(N)C1.Cl. The highest BCUT2D eigenvalue weighted by molar-refractivity contribution is 5.85. The van der Waals surface area contributed by atoms with Crippen molar-refractivity contribution in [2.45, 2.75) is 46.1 Å². The van der Waals surface area contributed by atoms with Crippen LogP contribution < -0.4 is 5.73 Å². The highest BCUT2D eigenvalue weighted by Crippen LogP contribution is 2.26. The monoisotopic (exact) mass is 248 g/mol. The third kappa shape index (κ3) is 4.30. The lowest BCUT2D eigenvalue weighted by atomic mass is 10.1. The van der Waals surface area contributed by atoms with Gasteiger partial charge >= 0.3 is 0 Å². The number of amides is 1. The number of hydrogen-bond acceptors (Lipinski definition) is 2. The Morgan fingerprint density at radius 1 is 1.44 bits per heavy atom. The van der Waals surface area contributed by atoms with Gasteiger partial charge in [0.25, 0.3) is 0 Å². The van der Waals surface area contributed by atoms with Crippen molar-refractivity contribution in [3.8, 4) is 0 Å². The number of rotatable bonds is 4. The zero-order chi connectivity index (χ0) is 11.4. The second-order valence-electron chi connectivity index (χ2n) is 5.04. The van der Waals surface area contributed by atoms with Crippen LogP contribution in [0, 0.1) is 11.8 Å². The number of nitrogens with two attached hydrogens (primary N) is 1. The predicted octanol–water partition coefficient (Wildman–Crippen LogP) is 2.04. The number of halogens is 1. The van der Waals surface area contributed by atoms with Crippen LogP contribution in [0.2, 0.25) is 0 Å². The molecule has 1 aliphatic rings. The van der Waals surface area contributed by atoms with Gasteiger partial charge in [0.15, 0.2) is 0 Å². The Bertz CT molecular complexity index is 221. The average Bonchev–Trinajstić information content (AvgIpc) is 2.60. The molecule has 2 unspecified atom stereocenters. The topological polar surface area (TPSA) is 46.3 Å². The molecule has 96 valence electrons. The fraction of sp³-hybridized carbons (Fsp3) is 0.917. The second kappa shape index (κ2) is 7.13. The largest absolute Gasteiger partial charge is 0.342 e. The summed E-state index contributed by atoms with van der Waals surface area (Å²) in [7, 11) is 0. The van der Waals surface area contributed by atoms with E-state index in [0.717, 1.165) is 32.4 Å². The Labute approximate surface area is 105 Å².